The number of benzene rings is 3. The van der Waals surface area contributed by atoms with E-state index in [2.05, 4.69) is 0 Å². The number of amides is 2. The standard InChI is InChI=1S/C29H24N2O6/c1-3-37-29(35)25-24-23(26(32)31(27(24)33)20-11-7-6-10-19(20)28(34)36-2)22-15-13-18-17-9-5-4-8-16(17)12-14-21(18)30(22)25/h4-15,22-25H,3H2,1-2H3/t22-,23-,24-,25+/m1/s1. The van der Waals surface area contributed by atoms with Gasteiger partial charge in [0.05, 0.1) is 42.8 Å². The Labute approximate surface area is 213 Å². The average Bonchev–Trinajstić information content (AvgIpc) is 3.40. The summed E-state index contributed by atoms with van der Waals surface area (Å²) in [5.41, 5.74) is 1.96. The highest BCUT2D eigenvalue weighted by Gasteiger charge is 2.65. The van der Waals surface area contributed by atoms with Gasteiger partial charge in [0, 0.05) is 11.3 Å². The van der Waals surface area contributed by atoms with Crippen LogP contribution in [0.15, 0.2) is 66.7 Å². The van der Waals surface area contributed by atoms with E-state index in [4.69, 9.17) is 9.47 Å². The number of nitrogens with zero attached hydrogens (tertiary/aromatic N) is 2. The molecule has 2 fully saturated rings. The number of hydrogen-bond donors (Lipinski definition) is 0. The lowest BCUT2D eigenvalue weighted by Crippen LogP contribution is -2.49. The van der Waals surface area contributed by atoms with Crippen molar-refractivity contribution in [2.45, 2.75) is 19.0 Å². The second kappa shape index (κ2) is 8.58. The molecule has 6 rings (SSSR count). The molecule has 8 heteroatoms. The first kappa shape index (κ1) is 23.0. The molecule has 0 spiro atoms. The van der Waals surface area contributed by atoms with Crippen molar-refractivity contribution in [3.8, 4) is 0 Å². The number of imide groups is 1. The van der Waals surface area contributed by atoms with Gasteiger partial charge in [0.15, 0.2) is 0 Å². The minimum absolute atomic E-state index is 0.104. The first-order valence-corrected chi connectivity index (χ1v) is 12.2. The van der Waals surface area contributed by atoms with Crippen LogP contribution in [0.5, 0.6) is 0 Å². The van der Waals surface area contributed by atoms with Gasteiger partial charge in [-0.05, 0) is 35.9 Å². The third-order valence-corrected chi connectivity index (χ3v) is 7.49. The molecular weight excluding hydrogens is 472 g/mol. The monoisotopic (exact) mass is 496 g/mol. The SMILES string of the molecule is CCOC(=O)[C@@H]1[C@@H]2C(=O)N(c3ccccc3C(=O)OC)C(=O)[C@@H]2[C@H]2C=Cc3c(ccc4ccccc34)N21. The molecule has 3 aliphatic heterocycles. The number of carbonyl (C=O) groups excluding carboxylic acids is 4. The number of fused-ring (bicyclic) bond motifs is 7. The molecule has 3 aromatic carbocycles. The fraction of sp³-hybridized carbons (Fsp3) is 0.241. The Morgan fingerprint density at radius 2 is 1.62 bits per heavy atom. The van der Waals surface area contributed by atoms with Gasteiger partial charge in [0.2, 0.25) is 11.8 Å². The largest absolute Gasteiger partial charge is 0.465 e. The molecule has 8 nitrogen and oxygen atoms in total. The molecule has 0 bridgehead atoms. The van der Waals surface area contributed by atoms with E-state index < -0.39 is 47.7 Å². The fourth-order valence-corrected chi connectivity index (χ4v) is 6.01. The van der Waals surface area contributed by atoms with Crippen molar-refractivity contribution in [1.82, 2.24) is 0 Å². The predicted octanol–water partition coefficient (Wildman–Crippen LogP) is 3.58. The molecule has 3 heterocycles. The quantitative estimate of drug-likeness (QED) is 0.403. The third-order valence-electron chi connectivity index (χ3n) is 7.49. The Balaban J connectivity index is 1.50. The number of anilines is 2. The molecule has 0 N–H and O–H groups in total. The van der Waals surface area contributed by atoms with Gasteiger partial charge >= 0.3 is 11.9 Å². The van der Waals surface area contributed by atoms with Gasteiger partial charge in [0.1, 0.15) is 6.04 Å². The molecule has 0 saturated carbocycles. The van der Waals surface area contributed by atoms with Crippen molar-refractivity contribution in [3.63, 3.8) is 0 Å². The van der Waals surface area contributed by atoms with Crippen LogP contribution >= 0.6 is 0 Å². The number of methoxy groups -OCH3 is 1. The zero-order valence-corrected chi connectivity index (χ0v) is 20.3. The van der Waals surface area contributed by atoms with E-state index in [-0.39, 0.29) is 17.9 Å². The van der Waals surface area contributed by atoms with Crippen LogP contribution in [0.25, 0.3) is 16.8 Å². The zero-order valence-electron chi connectivity index (χ0n) is 20.3. The van der Waals surface area contributed by atoms with Crippen molar-refractivity contribution in [3.05, 3.63) is 77.9 Å². The highest BCUT2D eigenvalue weighted by atomic mass is 16.5. The van der Waals surface area contributed by atoms with E-state index >= 15 is 0 Å². The summed E-state index contributed by atoms with van der Waals surface area (Å²) in [5, 5.41) is 2.06. The van der Waals surface area contributed by atoms with E-state index in [0.29, 0.717) is 0 Å². The average molecular weight is 497 g/mol. The maximum absolute atomic E-state index is 13.9. The smallest absolute Gasteiger partial charge is 0.339 e. The summed E-state index contributed by atoms with van der Waals surface area (Å²) >= 11 is 0. The molecule has 0 aromatic heterocycles. The van der Waals surface area contributed by atoms with Crippen LogP contribution in [0.2, 0.25) is 0 Å². The van der Waals surface area contributed by atoms with Crippen molar-refractivity contribution in [2.24, 2.45) is 11.8 Å². The molecule has 3 aliphatic rings. The lowest BCUT2D eigenvalue weighted by atomic mass is 9.88. The van der Waals surface area contributed by atoms with Gasteiger partial charge in [-0.15, -0.1) is 0 Å². The molecule has 0 radical (unpaired) electrons. The van der Waals surface area contributed by atoms with E-state index in [1.807, 2.05) is 53.5 Å². The Hall–Kier alpha value is -4.46. The lowest BCUT2D eigenvalue weighted by Gasteiger charge is -2.36. The van der Waals surface area contributed by atoms with Gasteiger partial charge < -0.3 is 14.4 Å². The van der Waals surface area contributed by atoms with Crippen molar-refractivity contribution in [2.75, 3.05) is 23.5 Å². The maximum atomic E-state index is 13.9. The molecule has 2 amide bonds. The van der Waals surface area contributed by atoms with Crippen LogP contribution in [0.3, 0.4) is 0 Å². The van der Waals surface area contributed by atoms with E-state index in [1.54, 1.807) is 25.1 Å². The van der Waals surface area contributed by atoms with Gasteiger partial charge in [-0.3, -0.25) is 9.59 Å². The lowest BCUT2D eigenvalue weighted by molar-refractivity contribution is -0.147. The third kappa shape index (κ3) is 3.21. The van der Waals surface area contributed by atoms with E-state index in [9.17, 15) is 19.2 Å². The Morgan fingerprint density at radius 1 is 0.892 bits per heavy atom. The summed E-state index contributed by atoms with van der Waals surface area (Å²) in [6.07, 6.45) is 3.86. The Kier molecular flexibility index (Phi) is 5.33. The van der Waals surface area contributed by atoms with Crippen molar-refractivity contribution >= 4 is 52.0 Å². The topological polar surface area (TPSA) is 93.2 Å². The number of esters is 2. The van der Waals surface area contributed by atoms with E-state index in [0.717, 1.165) is 26.9 Å². The van der Waals surface area contributed by atoms with Crippen molar-refractivity contribution < 1.29 is 28.7 Å². The van der Waals surface area contributed by atoms with Crippen LogP contribution in [0.1, 0.15) is 22.8 Å². The number of hydrogen-bond acceptors (Lipinski definition) is 7. The maximum Gasteiger partial charge on any atom is 0.339 e. The van der Waals surface area contributed by atoms with Crippen molar-refractivity contribution in [1.29, 1.82) is 0 Å². The first-order chi connectivity index (χ1) is 18.0. The minimum Gasteiger partial charge on any atom is -0.465 e. The Morgan fingerprint density at radius 3 is 2.41 bits per heavy atom. The normalized spacial score (nSPS) is 23.6. The second-order valence-electron chi connectivity index (χ2n) is 9.25. The minimum atomic E-state index is -0.994. The highest BCUT2D eigenvalue weighted by Crippen LogP contribution is 2.50. The zero-order chi connectivity index (χ0) is 25.8. The number of para-hydroxylation sites is 1. The van der Waals surface area contributed by atoms with Gasteiger partial charge in [-0.25, -0.2) is 14.5 Å². The molecule has 2 saturated heterocycles. The van der Waals surface area contributed by atoms with Gasteiger partial charge in [0.25, 0.3) is 0 Å². The molecule has 186 valence electrons. The van der Waals surface area contributed by atoms with Gasteiger partial charge in [-0.2, -0.15) is 0 Å². The number of carbonyl (C=O) groups is 4. The van der Waals surface area contributed by atoms with Crippen LogP contribution in [-0.4, -0.2) is 49.6 Å². The van der Waals surface area contributed by atoms with Crippen LogP contribution < -0.4 is 9.80 Å². The summed E-state index contributed by atoms with van der Waals surface area (Å²) < 4.78 is 10.3. The predicted molar refractivity (Wildman–Crippen MR) is 137 cm³/mol. The van der Waals surface area contributed by atoms with Gasteiger partial charge in [-0.1, -0.05) is 54.6 Å². The second-order valence-corrected chi connectivity index (χ2v) is 9.25. The molecule has 3 aromatic rings. The summed E-state index contributed by atoms with van der Waals surface area (Å²) in [7, 11) is 1.24. The van der Waals surface area contributed by atoms with Crippen LogP contribution in [-0.2, 0) is 23.9 Å². The molecule has 37 heavy (non-hydrogen) atoms. The molecular formula is C29H24N2O6. The summed E-state index contributed by atoms with van der Waals surface area (Å²) in [4.78, 5) is 56.6. The van der Waals surface area contributed by atoms with Crippen LogP contribution in [0, 0.1) is 11.8 Å². The van der Waals surface area contributed by atoms with Crippen LogP contribution in [0.4, 0.5) is 11.4 Å². The number of ether oxygens (including phenoxy) is 2. The fourth-order valence-electron chi connectivity index (χ4n) is 6.01. The molecule has 0 aliphatic carbocycles. The molecule has 4 atom stereocenters. The number of rotatable bonds is 4. The summed E-state index contributed by atoms with van der Waals surface area (Å²) in [6.45, 7) is 1.85. The van der Waals surface area contributed by atoms with E-state index in [1.165, 1.54) is 13.2 Å². The Bertz CT molecular complexity index is 1510. The summed E-state index contributed by atoms with van der Waals surface area (Å²) in [6, 6.07) is 16.7. The summed E-state index contributed by atoms with van der Waals surface area (Å²) in [5.74, 6) is -3.99. The highest BCUT2D eigenvalue weighted by molar-refractivity contribution is 6.26. The first-order valence-electron chi connectivity index (χ1n) is 12.2. The molecule has 0 unspecified atom stereocenters.